The van der Waals surface area contributed by atoms with Crippen molar-refractivity contribution in [3.63, 3.8) is 0 Å². The Hall–Kier alpha value is -1.66. The smallest absolute Gasteiger partial charge is 0.224 e. The lowest BCUT2D eigenvalue weighted by molar-refractivity contribution is 0.154. The molecule has 2 aromatic heterocycles. The van der Waals surface area contributed by atoms with Crippen molar-refractivity contribution in [2.75, 3.05) is 36.4 Å². The molecule has 2 saturated heterocycles. The molecule has 2 aromatic rings. The zero-order valence-corrected chi connectivity index (χ0v) is 14.8. The Kier molecular flexibility index (Phi) is 4.94. The lowest BCUT2D eigenvalue weighted by atomic mass is 10.1. The average molecular weight is 344 g/mol. The molecule has 2 aliphatic heterocycles. The molecule has 0 unspecified atom stereocenters. The largest absolute Gasteiger partial charge is 0.356 e. The second kappa shape index (κ2) is 7.49. The molecule has 4 heterocycles. The number of likely N-dealkylation sites (tertiary alicyclic amines) is 1. The third-order valence-corrected chi connectivity index (χ3v) is 5.68. The topological polar surface area (TPSA) is 44.3 Å². The monoisotopic (exact) mass is 343 g/mol. The predicted octanol–water partition coefficient (Wildman–Crippen LogP) is 3.21. The quantitative estimate of drug-likeness (QED) is 0.903. The van der Waals surface area contributed by atoms with Crippen LogP contribution in [0.1, 0.15) is 30.6 Å². The van der Waals surface area contributed by atoms with Crippen LogP contribution in [0.25, 0.3) is 0 Å². The SMILES string of the molecule is c1csc(CN2CC(Nc3nccc(N4CCCCCC4)n3)C2)c1. The first-order valence-corrected chi connectivity index (χ1v) is 9.84. The van der Waals surface area contributed by atoms with Crippen molar-refractivity contribution in [3.05, 3.63) is 34.7 Å². The minimum atomic E-state index is 0.462. The molecule has 2 fully saturated rings. The molecule has 0 amide bonds. The van der Waals surface area contributed by atoms with Crippen LogP contribution >= 0.6 is 11.3 Å². The Morgan fingerprint density at radius 2 is 1.96 bits per heavy atom. The van der Waals surface area contributed by atoms with Gasteiger partial charge in [0.25, 0.3) is 0 Å². The Bertz CT molecular complexity index is 631. The molecular weight excluding hydrogens is 318 g/mol. The Balaban J connectivity index is 1.30. The van der Waals surface area contributed by atoms with E-state index in [1.807, 2.05) is 23.6 Å². The van der Waals surface area contributed by atoms with Crippen molar-refractivity contribution >= 4 is 23.1 Å². The molecule has 0 radical (unpaired) electrons. The van der Waals surface area contributed by atoms with Crippen molar-refractivity contribution in [2.24, 2.45) is 0 Å². The van der Waals surface area contributed by atoms with Crippen molar-refractivity contribution in [1.29, 1.82) is 0 Å². The number of anilines is 2. The number of hydrogen-bond donors (Lipinski definition) is 1. The van der Waals surface area contributed by atoms with Crippen LogP contribution in [-0.4, -0.2) is 47.1 Å². The summed E-state index contributed by atoms with van der Waals surface area (Å²) in [5.41, 5.74) is 0. The van der Waals surface area contributed by atoms with E-state index in [-0.39, 0.29) is 0 Å². The van der Waals surface area contributed by atoms with Gasteiger partial charge in [-0.3, -0.25) is 4.90 Å². The Morgan fingerprint density at radius 3 is 2.71 bits per heavy atom. The van der Waals surface area contributed by atoms with Crippen LogP contribution in [0.4, 0.5) is 11.8 Å². The zero-order valence-electron chi connectivity index (χ0n) is 14.0. The van der Waals surface area contributed by atoms with Gasteiger partial charge in [0.2, 0.25) is 5.95 Å². The molecular formula is C18H25N5S. The van der Waals surface area contributed by atoms with Crippen LogP contribution in [0.2, 0.25) is 0 Å². The summed E-state index contributed by atoms with van der Waals surface area (Å²) in [5.74, 6) is 1.85. The van der Waals surface area contributed by atoms with E-state index >= 15 is 0 Å². The first-order chi connectivity index (χ1) is 11.9. The summed E-state index contributed by atoms with van der Waals surface area (Å²) in [5, 5.41) is 5.64. The maximum absolute atomic E-state index is 4.75. The highest BCUT2D eigenvalue weighted by molar-refractivity contribution is 7.09. The van der Waals surface area contributed by atoms with Crippen LogP contribution in [-0.2, 0) is 6.54 Å². The minimum absolute atomic E-state index is 0.462. The highest BCUT2D eigenvalue weighted by Crippen LogP contribution is 2.21. The molecule has 0 bridgehead atoms. The fraction of sp³-hybridized carbons (Fsp3) is 0.556. The third kappa shape index (κ3) is 3.87. The summed E-state index contributed by atoms with van der Waals surface area (Å²) in [6.45, 7) is 5.43. The fourth-order valence-corrected chi connectivity index (χ4v) is 4.24. The lowest BCUT2D eigenvalue weighted by Gasteiger charge is -2.39. The second-order valence-corrected chi connectivity index (χ2v) is 7.79. The lowest BCUT2D eigenvalue weighted by Crippen LogP contribution is -2.54. The highest BCUT2D eigenvalue weighted by Gasteiger charge is 2.27. The molecule has 1 N–H and O–H groups in total. The Labute approximate surface area is 147 Å². The van der Waals surface area contributed by atoms with Gasteiger partial charge in [0, 0.05) is 43.8 Å². The number of nitrogens with zero attached hydrogens (tertiary/aromatic N) is 4. The van der Waals surface area contributed by atoms with Crippen LogP contribution in [0.5, 0.6) is 0 Å². The van der Waals surface area contributed by atoms with Crippen LogP contribution < -0.4 is 10.2 Å². The molecule has 0 aromatic carbocycles. The molecule has 24 heavy (non-hydrogen) atoms. The van der Waals surface area contributed by atoms with E-state index in [0.717, 1.165) is 44.5 Å². The number of nitrogens with one attached hydrogen (secondary N) is 1. The fourth-order valence-electron chi connectivity index (χ4n) is 3.49. The first-order valence-electron chi connectivity index (χ1n) is 8.96. The molecule has 2 aliphatic rings. The number of aromatic nitrogens is 2. The van der Waals surface area contributed by atoms with Gasteiger partial charge in [-0.25, -0.2) is 4.98 Å². The van der Waals surface area contributed by atoms with Crippen LogP contribution in [0.3, 0.4) is 0 Å². The van der Waals surface area contributed by atoms with E-state index in [0.29, 0.717) is 6.04 Å². The van der Waals surface area contributed by atoms with Crippen molar-refractivity contribution in [2.45, 2.75) is 38.3 Å². The van der Waals surface area contributed by atoms with Gasteiger partial charge in [-0.05, 0) is 30.4 Å². The van der Waals surface area contributed by atoms with E-state index < -0.39 is 0 Å². The minimum Gasteiger partial charge on any atom is -0.356 e. The molecule has 0 aliphatic carbocycles. The van der Waals surface area contributed by atoms with Gasteiger partial charge in [0.15, 0.2) is 0 Å². The summed E-state index contributed by atoms with van der Waals surface area (Å²) < 4.78 is 0. The predicted molar refractivity (Wildman–Crippen MR) is 99.7 cm³/mol. The Morgan fingerprint density at radius 1 is 1.12 bits per heavy atom. The van der Waals surface area contributed by atoms with E-state index in [1.54, 1.807) is 0 Å². The molecule has 5 nitrogen and oxygen atoms in total. The summed E-state index contributed by atoms with van der Waals surface area (Å²) in [4.78, 5) is 15.5. The molecule has 0 saturated carbocycles. The van der Waals surface area contributed by atoms with Gasteiger partial charge in [-0.15, -0.1) is 11.3 Å². The number of hydrogen-bond acceptors (Lipinski definition) is 6. The maximum atomic E-state index is 4.75. The van der Waals surface area contributed by atoms with Gasteiger partial charge < -0.3 is 10.2 Å². The molecule has 6 heteroatoms. The molecule has 0 spiro atoms. The highest BCUT2D eigenvalue weighted by atomic mass is 32.1. The van der Waals surface area contributed by atoms with E-state index in [4.69, 9.17) is 4.98 Å². The summed E-state index contributed by atoms with van der Waals surface area (Å²) in [6, 6.07) is 6.83. The zero-order chi connectivity index (χ0) is 16.2. The van der Waals surface area contributed by atoms with E-state index in [2.05, 4.69) is 37.6 Å². The van der Waals surface area contributed by atoms with Crippen LogP contribution in [0.15, 0.2) is 29.8 Å². The van der Waals surface area contributed by atoms with Crippen molar-refractivity contribution in [3.8, 4) is 0 Å². The number of rotatable bonds is 5. The van der Waals surface area contributed by atoms with Gasteiger partial charge in [0.05, 0.1) is 6.04 Å². The second-order valence-electron chi connectivity index (χ2n) is 6.75. The summed E-state index contributed by atoms with van der Waals surface area (Å²) >= 11 is 1.83. The van der Waals surface area contributed by atoms with E-state index in [9.17, 15) is 0 Å². The average Bonchev–Trinajstić information content (AvgIpc) is 2.93. The van der Waals surface area contributed by atoms with Crippen molar-refractivity contribution < 1.29 is 0 Å². The maximum Gasteiger partial charge on any atom is 0.224 e. The number of thiophene rings is 1. The summed E-state index contributed by atoms with van der Waals surface area (Å²) in [7, 11) is 0. The van der Waals surface area contributed by atoms with Gasteiger partial charge >= 0.3 is 0 Å². The molecule has 0 atom stereocenters. The standard InChI is InChI=1S/C18H25N5S/c1-2-4-10-23(9-3-1)17-7-8-19-18(21-17)20-15-12-22(13-15)14-16-6-5-11-24-16/h5-8,11,15H,1-4,9-10,12-14H2,(H,19,20,21). The van der Waals surface area contributed by atoms with Gasteiger partial charge in [-0.2, -0.15) is 4.98 Å². The molecule has 128 valence electrons. The van der Waals surface area contributed by atoms with Crippen molar-refractivity contribution in [1.82, 2.24) is 14.9 Å². The van der Waals surface area contributed by atoms with Crippen LogP contribution in [0, 0.1) is 0 Å². The van der Waals surface area contributed by atoms with Gasteiger partial charge in [-0.1, -0.05) is 18.9 Å². The van der Waals surface area contributed by atoms with E-state index in [1.165, 1.54) is 30.6 Å². The summed E-state index contributed by atoms with van der Waals surface area (Å²) in [6.07, 6.45) is 7.11. The third-order valence-electron chi connectivity index (χ3n) is 4.82. The first kappa shape index (κ1) is 15.8. The van der Waals surface area contributed by atoms with Gasteiger partial charge in [0.1, 0.15) is 5.82 Å². The normalized spacial score (nSPS) is 19.8. The molecule has 4 rings (SSSR count).